The Morgan fingerprint density at radius 1 is 1.00 bits per heavy atom. The molecule has 0 amide bonds. The van der Waals surface area contributed by atoms with Crippen LogP contribution in [0.2, 0.25) is 0 Å². The molecule has 2 aromatic rings. The molecule has 5 heteroatoms. The van der Waals surface area contributed by atoms with E-state index in [2.05, 4.69) is 0 Å². The van der Waals surface area contributed by atoms with E-state index in [1.165, 1.54) is 12.1 Å². The predicted octanol–water partition coefficient (Wildman–Crippen LogP) is 3.40. The zero-order valence-electron chi connectivity index (χ0n) is 9.70. The van der Waals surface area contributed by atoms with Crippen LogP contribution < -0.4 is 9.47 Å². The maximum atomic E-state index is 10.5. The van der Waals surface area contributed by atoms with Crippen LogP contribution in [0.4, 0.5) is 5.69 Å². The third kappa shape index (κ3) is 2.76. The van der Waals surface area contributed by atoms with Gasteiger partial charge in [-0.05, 0) is 24.3 Å². The highest BCUT2D eigenvalue weighted by molar-refractivity contribution is 5.40. The molecule has 0 aliphatic rings. The molecule has 0 heterocycles. The summed E-state index contributed by atoms with van der Waals surface area (Å²) in [4.78, 5) is 10.1. The van der Waals surface area contributed by atoms with Crippen molar-refractivity contribution in [2.75, 3.05) is 7.11 Å². The van der Waals surface area contributed by atoms with Crippen LogP contribution in [0.3, 0.4) is 0 Å². The number of nitro benzene ring substituents is 1. The molecule has 0 N–H and O–H groups in total. The van der Waals surface area contributed by atoms with E-state index in [1.807, 2.05) is 6.07 Å². The number of hydrogen-bond donors (Lipinski definition) is 0. The zero-order chi connectivity index (χ0) is 13.0. The summed E-state index contributed by atoms with van der Waals surface area (Å²) < 4.78 is 10.6. The molecule has 92 valence electrons. The van der Waals surface area contributed by atoms with Crippen molar-refractivity contribution in [2.45, 2.75) is 0 Å². The third-order valence-electron chi connectivity index (χ3n) is 2.32. The second kappa shape index (κ2) is 5.18. The summed E-state index contributed by atoms with van der Waals surface area (Å²) in [6.45, 7) is 0. The number of rotatable bonds is 4. The second-order valence-corrected chi connectivity index (χ2v) is 3.53. The first-order chi connectivity index (χ1) is 8.69. The fourth-order valence-corrected chi connectivity index (χ4v) is 1.44. The quantitative estimate of drug-likeness (QED) is 0.611. The predicted molar refractivity (Wildman–Crippen MR) is 66.2 cm³/mol. The highest BCUT2D eigenvalue weighted by Gasteiger charge is 2.05. The molecule has 0 fully saturated rings. The summed E-state index contributed by atoms with van der Waals surface area (Å²) in [6, 6.07) is 13.0. The molecule has 5 nitrogen and oxygen atoms in total. The van der Waals surface area contributed by atoms with Crippen LogP contribution in [0.1, 0.15) is 0 Å². The minimum atomic E-state index is -0.449. The van der Waals surface area contributed by atoms with E-state index in [-0.39, 0.29) is 5.69 Å². The lowest BCUT2D eigenvalue weighted by atomic mass is 10.3. The molecule has 0 aromatic heterocycles. The number of methoxy groups -OCH3 is 1. The molecule has 0 atom stereocenters. The molecule has 2 rings (SSSR count). The van der Waals surface area contributed by atoms with Crippen molar-refractivity contribution in [1.82, 2.24) is 0 Å². The van der Waals surface area contributed by atoms with E-state index in [0.717, 1.165) is 0 Å². The van der Waals surface area contributed by atoms with Gasteiger partial charge in [0.15, 0.2) is 0 Å². The van der Waals surface area contributed by atoms with Gasteiger partial charge in [0.2, 0.25) is 0 Å². The average molecular weight is 245 g/mol. The molecule has 0 aliphatic heterocycles. The maximum Gasteiger partial charge on any atom is 0.269 e. The number of benzene rings is 2. The van der Waals surface area contributed by atoms with Crippen LogP contribution in [-0.2, 0) is 0 Å². The van der Waals surface area contributed by atoms with Crippen molar-refractivity contribution < 1.29 is 14.4 Å². The van der Waals surface area contributed by atoms with Gasteiger partial charge in [0, 0.05) is 18.2 Å². The first kappa shape index (κ1) is 11.9. The van der Waals surface area contributed by atoms with Gasteiger partial charge in [-0.15, -0.1) is 0 Å². The van der Waals surface area contributed by atoms with Crippen molar-refractivity contribution in [3.05, 3.63) is 58.6 Å². The number of hydrogen-bond acceptors (Lipinski definition) is 4. The Labute approximate surface area is 104 Å². The van der Waals surface area contributed by atoms with Gasteiger partial charge in [0.05, 0.1) is 12.0 Å². The topological polar surface area (TPSA) is 61.6 Å². The van der Waals surface area contributed by atoms with Gasteiger partial charge in [-0.25, -0.2) is 0 Å². The van der Waals surface area contributed by atoms with Crippen LogP contribution in [-0.4, -0.2) is 12.0 Å². The van der Waals surface area contributed by atoms with Gasteiger partial charge in [-0.1, -0.05) is 6.07 Å². The Balaban J connectivity index is 2.15. The molecule has 2 aromatic carbocycles. The lowest BCUT2D eigenvalue weighted by Crippen LogP contribution is -1.89. The molecule has 0 saturated heterocycles. The van der Waals surface area contributed by atoms with Crippen LogP contribution in [0.5, 0.6) is 17.2 Å². The van der Waals surface area contributed by atoms with Gasteiger partial charge in [-0.3, -0.25) is 10.1 Å². The SMILES string of the molecule is COc1cccc(Oc2ccc([N+](=O)[O-])cc2)c1. The molecule has 0 unspecified atom stereocenters. The maximum absolute atomic E-state index is 10.5. The molecule has 0 spiro atoms. The Bertz CT molecular complexity index is 551. The summed E-state index contributed by atoms with van der Waals surface area (Å²) in [7, 11) is 1.57. The van der Waals surface area contributed by atoms with Gasteiger partial charge < -0.3 is 9.47 Å². The van der Waals surface area contributed by atoms with Crippen molar-refractivity contribution in [3.8, 4) is 17.2 Å². The van der Waals surface area contributed by atoms with E-state index < -0.39 is 4.92 Å². The molecule has 0 radical (unpaired) electrons. The highest BCUT2D eigenvalue weighted by atomic mass is 16.6. The molecular formula is C13H11NO4. The number of nitrogens with zero attached hydrogens (tertiary/aromatic N) is 1. The minimum absolute atomic E-state index is 0.0352. The number of nitro groups is 1. The van der Waals surface area contributed by atoms with Gasteiger partial charge >= 0.3 is 0 Å². The van der Waals surface area contributed by atoms with Crippen molar-refractivity contribution in [1.29, 1.82) is 0 Å². The van der Waals surface area contributed by atoms with Crippen LogP contribution in [0.15, 0.2) is 48.5 Å². The Morgan fingerprint density at radius 2 is 1.67 bits per heavy atom. The summed E-state index contributed by atoms with van der Waals surface area (Å²) in [5.74, 6) is 1.84. The summed E-state index contributed by atoms with van der Waals surface area (Å²) in [5.41, 5.74) is 0.0352. The second-order valence-electron chi connectivity index (χ2n) is 3.53. The number of ether oxygens (including phenoxy) is 2. The fraction of sp³-hybridized carbons (Fsp3) is 0.0769. The van der Waals surface area contributed by atoms with Crippen molar-refractivity contribution >= 4 is 5.69 Å². The smallest absolute Gasteiger partial charge is 0.269 e. The lowest BCUT2D eigenvalue weighted by Gasteiger charge is -2.06. The normalized spacial score (nSPS) is 9.83. The summed E-state index contributed by atoms with van der Waals surface area (Å²) in [5, 5.41) is 10.5. The largest absolute Gasteiger partial charge is 0.497 e. The fourth-order valence-electron chi connectivity index (χ4n) is 1.44. The van der Waals surface area contributed by atoms with E-state index in [1.54, 1.807) is 37.4 Å². The third-order valence-corrected chi connectivity index (χ3v) is 2.32. The highest BCUT2D eigenvalue weighted by Crippen LogP contribution is 2.26. The van der Waals surface area contributed by atoms with Crippen LogP contribution >= 0.6 is 0 Å². The average Bonchev–Trinajstić information content (AvgIpc) is 2.39. The standard InChI is InChI=1S/C13H11NO4/c1-17-12-3-2-4-13(9-12)18-11-7-5-10(6-8-11)14(15)16/h2-9H,1H3. The van der Waals surface area contributed by atoms with E-state index in [9.17, 15) is 10.1 Å². The van der Waals surface area contributed by atoms with E-state index >= 15 is 0 Å². The first-order valence-electron chi connectivity index (χ1n) is 5.25. The van der Waals surface area contributed by atoms with Crippen LogP contribution in [0.25, 0.3) is 0 Å². The van der Waals surface area contributed by atoms with E-state index in [4.69, 9.17) is 9.47 Å². The molecular weight excluding hydrogens is 234 g/mol. The number of non-ortho nitro benzene ring substituents is 1. The lowest BCUT2D eigenvalue weighted by molar-refractivity contribution is -0.384. The van der Waals surface area contributed by atoms with Crippen molar-refractivity contribution in [3.63, 3.8) is 0 Å². The van der Waals surface area contributed by atoms with Crippen LogP contribution in [0, 0.1) is 10.1 Å². The Morgan fingerprint density at radius 3 is 2.28 bits per heavy atom. The van der Waals surface area contributed by atoms with Gasteiger partial charge in [-0.2, -0.15) is 0 Å². The summed E-state index contributed by atoms with van der Waals surface area (Å²) in [6.07, 6.45) is 0. The Hall–Kier alpha value is -2.56. The molecule has 18 heavy (non-hydrogen) atoms. The van der Waals surface area contributed by atoms with Gasteiger partial charge in [0.25, 0.3) is 5.69 Å². The van der Waals surface area contributed by atoms with Gasteiger partial charge in [0.1, 0.15) is 17.2 Å². The minimum Gasteiger partial charge on any atom is -0.497 e. The molecule has 0 bridgehead atoms. The zero-order valence-corrected chi connectivity index (χ0v) is 9.70. The monoisotopic (exact) mass is 245 g/mol. The van der Waals surface area contributed by atoms with E-state index in [0.29, 0.717) is 17.2 Å². The van der Waals surface area contributed by atoms with Crippen molar-refractivity contribution in [2.24, 2.45) is 0 Å². The Kier molecular flexibility index (Phi) is 3.43. The molecule has 0 aliphatic carbocycles. The first-order valence-corrected chi connectivity index (χ1v) is 5.25. The molecule has 0 saturated carbocycles. The summed E-state index contributed by atoms with van der Waals surface area (Å²) >= 11 is 0.